The summed E-state index contributed by atoms with van der Waals surface area (Å²) in [6.07, 6.45) is 1.81. The highest BCUT2D eigenvalue weighted by molar-refractivity contribution is 9.10. The highest BCUT2D eigenvalue weighted by Crippen LogP contribution is 2.32. The molecule has 0 spiro atoms. The molecule has 2 N–H and O–H groups in total. The van der Waals surface area contributed by atoms with Gasteiger partial charge in [0.05, 0.1) is 11.9 Å². The second-order valence-electron chi connectivity index (χ2n) is 5.35. The van der Waals surface area contributed by atoms with Crippen LogP contribution < -0.4 is 5.73 Å². The van der Waals surface area contributed by atoms with E-state index in [1.807, 2.05) is 24.4 Å². The summed E-state index contributed by atoms with van der Waals surface area (Å²) in [6.45, 7) is 6.34. The maximum absolute atomic E-state index is 5.76. The molecule has 19 heavy (non-hydrogen) atoms. The fraction of sp³-hybridized carbons (Fsp3) is 0.357. The van der Waals surface area contributed by atoms with Crippen molar-refractivity contribution in [3.8, 4) is 0 Å². The van der Waals surface area contributed by atoms with Gasteiger partial charge in [0.15, 0.2) is 0 Å². The molecule has 0 bridgehead atoms. The number of aromatic nitrogens is 1. The number of halogens is 1. The second-order valence-corrected chi connectivity index (χ2v) is 7.22. The van der Waals surface area contributed by atoms with Gasteiger partial charge in [-0.3, -0.25) is 0 Å². The van der Waals surface area contributed by atoms with Gasteiger partial charge >= 0.3 is 0 Å². The van der Waals surface area contributed by atoms with Gasteiger partial charge in [-0.25, -0.2) is 4.98 Å². The molecule has 0 aliphatic carbocycles. The SMILES string of the molecule is CC(C)(C)c1cnc(CSc2ccc(N)cc2Br)o1. The molecule has 0 saturated carbocycles. The minimum Gasteiger partial charge on any atom is -0.444 e. The first-order valence-electron chi connectivity index (χ1n) is 5.99. The van der Waals surface area contributed by atoms with E-state index in [4.69, 9.17) is 10.2 Å². The van der Waals surface area contributed by atoms with Crippen molar-refractivity contribution in [1.82, 2.24) is 4.98 Å². The van der Waals surface area contributed by atoms with E-state index in [-0.39, 0.29) is 5.41 Å². The zero-order chi connectivity index (χ0) is 14.0. The third kappa shape index (κ3) is 3.76. The third-order valence-electron chi connectivity index (χ3n) is 2.60. The van der Waals surface area contributed by atoms with E-state index in [1.165, 1.54) is 0 Å². The lowest BCUT2D eigenvalue weighted by atomic mass is 9.94. The molecular formula is C14H17BrN2OS. The molecule has 0 aliphatic rings. The van der Waals surface area contributed by atoms with Crippen molar-refractivity contribution in [2.45, 2.75) is 36.8 Å². The van der Waals surface area contributed by atoms with Crippen molar-refractivity contribution in [2.24, 2.45) is 0 Å². The van der Waals surface area contributed by atoms with Crippen molar-refractivity contribution >= 4 is 33.4 Å². The molecule has 2 aromatic rings. The first-order valence-corrected chi connectivity index (χ1v) is 7.77. The number of rotatable bonds is 3. The smallest absolute Gasteiger partial charge is 0.204 e. The van der Waals surface area contributed by atoms with Crippen LogP contribution in [0, 0.1) is 0 Å². The summed E-state index contributed by atoms with van der Waals surface area (Å²) >= 11 is 5.18. The monoisotopic (exact) mass is 340 g/mol. The topological polar surface area (TPSA) is 52.0 Å². The summed E-state index contributed by atoms with van der Waals surface area (Å²) in [5.41, 5.74) is 6.47. The van der Waals surface area contributed by atoms with Crippen LogP contribution in [0.25, 0.3) is 0 Å². The van der Waals surface area contributed by atoms with E-state index in [2.05, 4.69) is 41.7 Å². The fourth-order valence-corrected chi connectivity index (χ4v) is 3.01. The van der Waals surface area contributed by atoms with Crippen LogP contribution in [0.1, 0.15) is 32.4 Å². The molecule has 5 heteroatoms. The van der Waals surface area contributed by atoms with Gasteiger partial charge < -0.3 is 10.2 Å². The summed E-state index contributed by atoms with van der Waals surface area (Å²) in [5.74, 6) is 2.37. The molecular weight excluding hydrogens is 324 g/mol. The summed E-state index contributed by atoms with van der Waals surface area (Å²) in [6, 6.07) is 5.79. The van der Waals surface area contributed by atoms with Gasteiger partial charge in [0.2, 0.25) is 5.89 Å². The highest BCUT2D eigenvalue weighted by atomic mass is 79.9. The van der Waals surface area contributed by atoms with Crippen LogP contribution in [0.3, 0.4) is 0 Å². The number of oxazole rings is 1. The number of nitrogen functional groups attached to an aromatic ring is 1. The predicted octanol–water partition coefficient (Wildman–Crippen LogP) is 4.61. The summed E-state index contributed by atoms with van der Waals surface area (Å²) in [4.78, 5) is 5.45. The Balaban J connectivity index is 2.04. The molecule has 1 aromatic carbocycles. The van der Waals surface area contributed by atoms with Crippen LogP contribution in [0.2, 0.25) is 0 Å². The Labute approximate surface area is 126 Å². The summed E-state index contributed by atoms with van der Waals surface area (Å²) < 4.78 is 6.76. The van der Waals surface area contributed by atoms with Crippen molar-refractivity contribution < 1.29 is 4.42 Å². The number of nitrogens with zero attached hydrogens (tertiary/aromatic N) is 1. The quantitative estimate of drug-likeness (QED) is 0.654. The second kappa shape index (κ2) is 5.59. The van der Waals surface area contributed by atoms with Gasteiger partial charge in [0, 0.05) is 20.5 Å². The largest absolute Gasteiger partial charge is 0.444 e. The predicted molar refractivity (Wildman–Crippen MR) is 83.3 cm³/mol. The molecule has 2 rings (SSSR count). The average Bonchev–Trinajstić information content (AvgIpc) is 2.76. The fourth-order valence-electron chi connectivity index (χ4n) is 1.50. The summed E-state index contributed by atoms with van der Waals surface area (Å²) in [5, 5.41) is 0. The van der Waals surface area contributed by atoms with Gasteiger partial charge in [0.1, 0.15) is 5.76 Å². The van der Waals surface area contributed by atoms with E-state index in [0.717, 1.165) is 26.7 Å². The number of nitrogens with two attached hydrogens (primary N) is 1. The third-order valence-corrected chi connectivity index (χ3v) is 4.58. The zero-order valence-corrected chi connectivity index (χ0v) is 13.6. The van der Waals surface area contributed by atoms with E-state index in [0.29, 0.717) is 5.75 Å². The first-order chi connectivity index (χ1) is 8.86. The molecule has 0 unspecified atom stereocenters. The normalized spacial score (nSPS) is 11.8. The molecule has 0 radical (unpaired) electrons. The molecule has 3 nitrogen and oxygen atoms in total. The maximum atomic E-state index is 5.76. The maximum Gasteiger partial charge on any atom is 0.204 e. The molecule has 0 amide bonds. The van der Waals surface area contributed by atoms with Crippen molar-refractivity contribution in [3.05, 3.63) is 40.5 Å². The van der Waals surface area contributed by atoms with Crippen LogP contribution in [0.15, 0.2) is 38.2 Å². The molecule has 1 aromatic heterocycles. The van der Waals surface area contributed by atoms with Crippen LogP contribution >= 0.6 is 27.7 Å². The van der Waals surface area contributed by atoms with Crippen molar-refractivity contribution in [3.63, 3.8) is 0 Å². The zero-order valence-electron chi connectivity index (χ0n) is 11.2. The minimum atomic E-state index is -0.00228. The van der Waals surface area contributed by atoms with Gasteiger partial charge in [-0.05, 0) is 34.1 Å². The molecule has 0 aliphatic heterocycles. The Bertz CT molecular complexity index is 575. The van der Waals surface area contributed by atoms with Gasteiger partial charge in [-0.2, -0.15) is 0 Å². The Morgan fingerprint density at radius 3 is 2.68 bits per heavy atom. The molecule has 0 saturated heterocycles. The van der Waals surface area contributed by atoms with Gasteiger partial charge in [0.25, 0.3) is 0 Å². The lowest BCUT2D eigenvalue weighted by Gasteiger charge is -2.13. The van der Waals surface area contributed by atoms with E-state index >= 15 is 0 Å². The van der Waals surface area contributed by atoms with Crippen molar-refractivity contribution in [1.29, 1.82) is 0 Å². The first kappa shape index (κ1) is 14.5. The lowest BCUT2D eigenvalue weighted by molar-refractivity contribution is 0.391. The van der Waals surface area contributed by atoms with Gasteiger partial charge in [-0.15, -0.1) is 11.8 Å². The number of benzene rings is 1. The van der Waals surface area contributed by atoms with E-state index in [1.54, 1.807) is 11.8 Å². The Hall–Kier alpha value is -0.940. The Morgan fingerprint density at radius 2 is 2.11 bits per heavy atom. The standard InChI is InChI=1S/C14H17BrN2OS/c1-14(2,3)12-7-17-13(18-12)8-19-11-5-4-9(16)6-10(11)15/h4-7H,8,16H2,1-3H3. The molecule has 0 fully saturated rings. The Kier molecular flexibility index (Phi) is 4.26. The molecule has 0 atom stereocenters. The average molecular weight is 341 g/mol. The highest BCUT2D eigenvalue weighted by Gasteiger charge is 2.19. The van der Waals surface area contributed by atoms with E-state index in [9.17, 15) is 0 Å². The van der Waals surface area contributed by atoms with Gasteiger partial charge in [-0.1, -0.05) is 20.8 Å². The molecule has 102 valence electrons. The summed E-state index contributed by atoms with van der Waals surface area (Å²) in [7, 11) is 0. The van der Waals surface area contributed by atoms with Crippen LogP contribution in [0.5, 0.6) is 0 Å². The molecule has 1 heterocycles. The van der Waals surface area contributed by atoms with Crippen LogP contribution in [-0.4, -0.2) is 4.98 Å². The number of anilines is 1. The van der Waals surface area contributed by atoms with Crippen molar-refractivity contribution in [2.75, 3.05) is 5.73 Å². The number of hydrogen-bond acceptors (Lipinski definition) is 4. The van der Waals surface area contributed by atoms with Crippen LogP contribution in [0.4, 0.5) is 5.69 Å². The lowest BCUT2D eigenvalue weighted by Crippen LogP contribution is -2.09. The van der Waals surface area contributed by atoms with Crippen LogP contribution in [-0.2, 0) is 11.2 Å². The number of hydrogen-bond donors (Lipinski definition) is 1. The number of thioether (sulfide) groups is 1. The Morgan fingerprint density at radius 1 is 1.37 bits per heavy atom. The minimum absolute atomic E-state index is 0.00228. The van der Waals surface area contributed by atoms with E-state index < -0.39 is 0 Å².